The number of aliphatic hydroxyl groups is 1. The first-order valence-corrected chi connectivity index (χ1v) is 35.3. The first-order valence-electron chi connectivity index (χ1n) is 33.1. The third-order valence-corrected chi connectivity index (χ3v) is 17.3. The number of sulfonamides is 1. The van der Waals surface area contributed by atoms with Crippen molar-refractivity contribution in [2.24, 2.45) is 0 Å². The number of para-hydroxylation sites is 3. The van der Waals surface area contributed by atoms with Crippen molar-refractivity contribution in [2.75, 3.05) is 36.4 Å². The zero-order chi connectivity index (χ0) is 81.3. The number of aryl methyl sites for hydroxylation is 5. The van der Waals surface area contributed by atoms with Crippen molar-refractivity contribution in [1.29, 1.82) is 0 Å². The molecule has 0 saturated heterocycles. The number of nitro groups is 1. The van der Waals surface area contributed by atoms with Gasteiger partial charge in [0.15, 0.2) is 11.9 Å². The number of carbonyl (C=O) groups excluding carboxylic acids is 4. The molecule has 0 spiro atoms. The average molecular weight is 1550 g/mol. The predicted molar refractivity (Wildman–Crippen MR) is 431 cm³/mol. The van der Waals surface area contributed by atoms with Crippen LogP contribution in [0.5, 0.6) is 0 Å². The summed E-state index contributed by atoms with van der Waals surface area (Å²) in [6.07, 6.45) is 49.1. The normalized spacial score (nSPS) is 11.3. The zero-order valence-electron chi connectivity index (χ0n) is 60.5. The Morgan fingerprint density at radius 2 is 1.24 bits per heavy atom. The highest BCUT2D eigenvalue weighted by atomic mass is 35.5. The minimum absolute atomic E-state index is 0.0152. The third kappa shape index (κ3) is 27.2. The molecule has 2 aliphatic heterocycles. The number of amides is 7. The lowest BCUT2D eigenvalue weighted by Gasteiger charge is -2.24. The standard InChI is InChI=1S/C18H16N2O.C11H8N2O.C11H12N2O.C10H8Cl2N2O.C10H7NO3S.C8H9N3O3.C8H10N2.C6H6N2/c1-2-13-19-18(21)20-16-9-5-3-7-14(16)11-12-15-8-4-6-10-17(15)20;1-2-7-13-8-12-10-6-4-3-5-9(10)11(13)14;1-2-8-12-11(14)13-9-10-6-4-3-5-7-10;1-2-5-13-10(15)14-9-6-7(11)3-4-8(9)12;1-2-7-11-10(12)8-5-3-4-6-9(8)15(11,13)14;1-3-7(12)5-10-6(2)9-4-8(10)11(13)14;1-4-5-10-8(3)6-7(2)9-10;1-2-4-8-5-3-7-6-8/h1,3-10H,11-13H2,(H,19,21);1,3-6,8H,7H2;1,3-7H,8-9H2,(H2,12,13,14);1,3-4,6H,5H2,(H2,13,14,15);1,3-6H,7H2;1,4,7,12H,5H2,2H3;1,6H,5H2,2-3H3;1,3,5-6H,4H2. The van der Waals surface area contributed by atoms with Gasteiger partial charge in [0, 0.05) is 36.6 Å². The summed E-state index contributed by atoms with van der Waals surface area (Å²) in [5, 5.41) is 38.3. The first-order chi connectivity index (χ1) is 53.4. The van der Waals surface area contributed by atoms with Crippen molar-refractivity contribution in [3.8, 4) is 98.8 Å². The molecular formula is C82H76Cl2N16O10S. The van der Waals surface area contributed by atoms with Crippen molar-refractivity contribution in [1.82, 2.24) is 64.0 Å². The van der Waals surface area contributed by atoms with Gasteiger partial charge in [-0.15, -0.1) is 51.4 Å². The van der Waals surface area contributed by atoms with E-state index in [4.69, 9.17) is 79.7 Å². The number of aromatic nitrogens is 8. The lowest BCUT2D eigenvalue weighted by molar-refractivity contribution is -0.392. The van der Waals surface area contributed by atoms with Crippen LogP contribution < -0.4 is 37.0 Å². The number of fused-ring (bicyclic) bond motifs is 4. The molecule has 0 radical (unpaired) electrons. The molecule has 4 aromatic heterocycles. The summed E-state index contributed by atoms with van der Waals surface area (Å²) in [6, 6.07) is 44.9. The van der Waals surface area contributed by atoms with Gasteiger partial charge in [-0.2, -0.15) is 5.10 Å². The van der Waals surface area contributed by atoms with E-state index in [1.54, 1.807) is 66.8 Å². The second-order valence-electron chi connectivity index (χ2n) is 22.7. The van der Waals surface area contributed by atoms with Crippen LogP contribution in [0.15, 0.2) is 193 Å². The Balaban J connectivity index is 0.000000230. The zero-order valence-corrected chi connectivity index (χ0v) is 62.8. The van der Waals surface area contributed by atoms with Crippen LogP contribution in [0.4, 0.5) is 37.3 Å². The van der Waals surface area contributed by atoms with Gasteiger partial charge in [0.2, 0.25) is 0 Å². The van der Waals surface area contributed by atoms with Crippen LogP contribution in [0.1, 0.15) is 44.3 Å². The molecule has 6 heterocycles. The molecule has 6 aromatic carbocycles. The molecule has 10 aromatic rings. The fourth-order valence-corrected chi connectivity index (χ4v) is 11.6. The molecule has 0 bridgehead atoms. The smallest absolute Gasteiger partial charge is 0.342 e. The van der Waals surface area contributed by atoms with Crippen LogP contribution in [0, 0.1) is 130 Å². The Labute approximate surface area is 654 Å². The van der Waals surface area contributed by atoms with E-state index < -0.39 is 33.0 Å². The maximum absolute atomic E-state index is 12.6. The number of urea groups is 3. The summed E-state index contributed by atoms with van der Waals surface area (Å²) in [5.74, 6) is 18.5. The largest absolute Gasteiger partial charge is 0.376 e. The molecule has 26 nitrogen and oxygen atoms in total. The van der Waals surface area contributed by atoms with E-state index in [1.807, 2.05) is 114 Å². The first kappa shape index (κ1) is 87.4. The van der Waals surface area contributed by atoms with E-state index in [0.717, 1.165) is 47.4 Å². The van der Waals surface area contributed by atoms with Crippen molar-refractivity contribution in [2.45, 2.75) is 77.3 Å². The Morgan fingerprint density at radius 1 is 0.658 bits per heavy atom. The van der Waals surface area contributed by atoms with Gasteiger partial charge in [-0.1, -0.05) is 162 Å². The Kier molecular flexibility index (Phi) is 36.2. The molecule has 564 valence electrons. The molecule has 111 heavy (non-hydrogen) atoms. The van der Waals surface area contributed by atoms with E-state index in [0.29, 0.717) is 56.4 Å². The fraction of sp³-hybridized carbons (Fsp3) is 0.183. The topological polar surface area (TPSA) is 321 Å². The Bertz CT molecular complexity index is 5350. The van der Waals surface area contributed by atoms with E-state index in [-0.39, 0.29) is 73.2 Å². The van der Waals surface area contributed by atoms with Gasteiger partial charge in [-0.3, -0.25) is 23.7 Å². The highest BCUT2D eigenvalue weighted by molar-refractivity contribution is 7.90. The number of anilines is 3. The maximum Gasteiger partial charge on any atom is 0.342 e. The number of nitrogens with zero attached hydrogens (tertiary/aromatic N) is 11. The lowest BCUT2D eigenvalue weighted by atomic mass is 10.0. The number of hydrogen-bond donors (Lipinski definition) is 6. The summed E-state index contributed by atoms with van der Waals surface area (Å²) in [5.41, 5.74) is 8.64. The molecule has 0 saturated carbocycles. The number of nitrogens with one attached hydrogen (secondary N) is 5. The number of rotatable bonds is 13. The molecule has 29 heteroatoms. The molecule has 2 aliphatic rings. The van der Waals surface area contributed by atoms with Gasteiger partial charge in [-0.05, 0) is 109 Å². The van der Waals surface area contributed by atoms with Crippen LogP contribution in [0.2, 0.25) is 10.0 Å². The number of benzene rings is 6. The van der Waals surface area contributed by atoms with E-state index >= 15 is 0 Å². The number of hydrogen-bond acceptors (Lipinski definition) is 14. The highest BCUT2D eigenvalue weighted by Crippen LogP contribution is 2.36. The SMILES string of the molecule is C#CC(O)Cn1c([N+](=O)[O-])cnc1C.C#CCN1C(=O)c2ccccc2S1(=O)=O.C#CCNC(=O)N1c2ccccc2CCc2ccccc21.C#CCNC(=O)NCc1ccccc1.C#CCNC(=O)Nc1cc(Cl)ccc1Cl.C#CCn1ccnc1.C#CCn1cnc2ccccc2c1=O.C#CCn1nc(C)cc1C. The van der Waals surface area contributed by atoms with E-state index in [2.05, 4.69) is 106 Å². The summed E-state index contributed by atoms with van der Waals surface area (Å²) in [6.45, 7) is 7.90. The quantitative estimate of drug-likeness (QED) is 0.0355. The van der Waals surface area contributed by atoms with Crippen LogP contribution >= 0.6 is 23.2 Å². The minimum atomic E-state index is -3.72. The van der Waals surface area contributed by atoms with E-state index in [1.165, 1.54) is 38.7 Å². The van der Waals surface area contributed by atoms with Gasteiger partial charge >= 0.3 is 23.9 Å². The van der Waals surface area contributed by atoms with Gasteiger partial charge in [-0.25, -0.2) is 46.6 Å². The number of halogens is 2. The van der Waals surface area contributed by atoms with Crippen LogP contribution in [0.25, 0.3) is 10.9 Å². The van der Waals surface area contributed by atoms with Gasteiger partial charge in [0.25, 0.3) is 21.5 Å². The Hall–Kier alpha value is -14.3. The molecular weight excluding hydrogens is 1470 g/mol. The molecule has 0 fully saturated rings. The van der Waals surface area contributed by atoms with Gasteiger partial charge in [0.1, 0.15) is 24.2 Å². The van der Waals surface area contributed by atoms with Crippen molar-refractivity contribution >= 4 is 91.0 Å². The van der Waals surface area contributed by atoms with Crippen LogP contribution in [-0.4, -0.2) is 117 Å². The number of terminal acetylenes is 8. The molecule has 6 N–H and O–H groups in total. The molecule has 12 rings (SSSR count). The Morgan fingerprint density at radius 3 is 1.82 bits per heavy atom. The summed E-state index contributed by atoms with van der Waals surface area (Å²) < 4.78 is 30.6. The minimum Gasteiger partial charge on any atom is -0.376 e. The summed E-state index contributed by atoms with van der Waals surface area (Å²) in [4.78, 5) is 81.6. The van der Waals surface area contributed by atoms with Crippen LogP contribution in [0.3, 0.4) is 0 Å². The average Bonchev–Trinajstić information content (AvgIpc) is 1.61. The summed E-state index contributed by atoms with van der Waals surface area (Å²) in [7, 11) is -3.72. The molecule has 7 amide bonds. The predicted octanol–water partition coefficient (Wildman–Crippen LogP) is 10.4. The van der Waals surface area contributed by atoms with E-state index in [9.17, 15) is 42.5 Å². The van der Waals surface area contributed by atoms with Crippen molar-refractivity contribution in [3.05, 3.63) is 253 Å². The summed E-state index contributed by atoms with van der Waals surface area (Å²) >= 11 is 11.6. The third-order valence-electron chi connectivity index (χ3n) is 14.9. The second-order valence-corrected chi connectivity index (χ2v) is 25.3. The lowest BCUT2D eigenvalue weighted by Crippen LogP contribution is -2.37. The molecule has 1 unspecified atom stereocenters. The monoisotopic (exact) mass is 1550 g/mol. The fourth-order valence-electron chi connectivity index (χ4n) is 9.82. The highest BCUT2D eigenvalue weighted by Gasteiger charge is 2.40. The van der Waals surface area contributed by atoms with Crippen LogP contribution in [-0.2, 0) is 55.6 Å². The van der Waals surface area contributed by atoms with Gasteiger partial charge < -0.3 is 46.4 Å². The van der Waals surface area contributed by atoms with Gasteiger partial charge in [0.05, 0.1) is 96.2 Å². The molecule has 0 aliphatic carbocycles. The maximum atomic E-state index is 12.6. The number of imidazole rings is 2. The van der Waals surface area contributed by atoms with Crippen molar-refractivity contribution < 1.29 is 37.6 Å². The number of aliphatic hydroxyl groups excluding tert-OH is 1. The second kappa shape index (κ2) is 46.0. The number of carbonyl (C=O) groups is 4. The van der Waals surface area contributed by atoms with Crippen molar-refractivity contribution in [3.63, 3.8) is 0 Å². The molecule has 1 atom stereocenters.